The zero-order valence-electron chi connectivity index (χ0n) is 10.2. The lowest BCUT2D eigenvalue weighted by Crippen LogP contribution is -2.23. The predicted octanol–water partition coefficient (Wildman–Crippen LogP) is 2.23. The van der Waals surface area contributed by atoms with Crippen molar-refractivity contribution in [3.05, 3.63) is 32.7 Å². The van der Waals surface area contributed by atoms with Crippen LogP contribution >= 0.6 is 15.9 Å². The van der Waals surface area contributed by atoms with Crippen molar-refractivity contribution in [2.75, 3.05) is 13.2 Å². The van der Waals surface area contributed by atoms with Crippen LogP contribution in [0.4, 0.5) is 0 Å². The van der Waals surface area contributed by atoms with Gasteiger partial charge >= 0.3 is 5.69 Å². The van der Waals surface area contributed by atoms with Gasteiger partial charge < -0.3 is 14.7 Å². The van der Waals surface area contributed by atoms with Crippen molar-refractivity contribution < 1.29 is 9.53 Å². The van der Waals surface area contributed by atoms with Gasteiger partial charge in [-0.15, -0.1) is 0 Å². The molecular formula is C13H13BrN2O3. The molecule has 1 aromatic heterocycles. The van der Waals surface area contributed by atoms with E-state index >= 15 is 0 Å². The van der Waals surface area contributed by atoms with Crippen LogP contribution in [0.3, 0.4) is 0 Å². The largest absolute Gasteiger partial charge is 0.381 e. The predicted molar refractivity (Wildman–Crippen MR) is 74.5 cm³/mol. The number of aromatic amines is 2. The topological polar surface area (TPSA) is 75.0 Å². The molecule has 0 bridgehead atoms. The number of rotatable bonds is 2. The van der Waals surface area contributed by atoms with Crippen LogP contribution in [0.15, 0.2) is 21.4 Å². The van der Waals surface area contributed by atoms with Gasteiger partial charge in [0.2, 0.25) is 0 Å². The number of ether oxygens (including phenoxy) is 1. The van der Waals surface area contributed by atoms with E-state index in [9.17, 15) is 9.59 Å². The first-order chi connectivity index (χ1) is 9.15. The van der Waals surface area contributed by atoms with Crippen LogP contribution in [-0.4, -0.2) is 29.0 Å². The first-order valence-electron chi connectivity index (χ1n) is 6.18. The summed E-state index contributed by atoms with van der Waals surface area (Å²) in [4.78, 5) is 29.1. The first-order valence-corrected chi connectivity index (χ1v) is 6.98. The minimum absolute atomic E-state index is 0.00756. The minimum atomic E-state index is -0.266. The van der Waals surface area contributed by atoms with Crippen LogP contribution < -0.4 is 5.69 Å². The molecule has 2 N–H and O–H groups in total. The molecule has 19 heavy (non-hydrogen) atoms. The number of nitrogens with one attached hydrogen (secondary N) is 2. The summed E-state index contributed by atoms with van der Waals surface area (Å²) in [5.41, 5.74) is 1.70. The third kappa shape index (κ3) is 2.37. The lowest BCUT2D eigenvalue weighted by atomic mass is 9.91. The smallest absolute Gasteiger partial charge is 0.323 e. The van der Waals surface area contributed by atoms with E-state index in [1.165, 1.54) is 0 Å². The van der Waals surface area contributed by atoms with Crippen LogP contribution in [0.1, 0.15) is 23.2 Å². The maximum absolute atomic E-state index is 12.5. The van der Waals surface area contributed by atoms with Crippen molar-refractivity contribution in [3.8, 4) is 0 Å². The average Bonchev–Trinajstić information content (AvgIpc) is 2.77. The molecule has 3 rings (SSSR count). The molecule has 5 nitrogen and oxygen atoms in total. The molecule has 2 aromatic rings. The van der Waals surface area contributed by atoms with Crippen molar-refractivity contribution in [3.63, 3.8) is 0 Å². The van der Waals surface area contributed by atoms with E-state index in [-0.39, 0.29) is 17.4 Å². The minimum Gasteiger partial charge on any atom is -0.381 e. The Balaban J connectivity index is 2.01. The Morgan fingerprint density at radius 2 is 1.84 bits per heavy atom. The molecule has 1 aliphatic heterocycles. The van der Waals surface area contributed by atoms with E-state index in [1.807, 2.05) is 0 Å². The molecule has 6 heteroatoms. The Hall–Kier alpha value is -1.40. The van der Waals surface area contributed by atoms with Gasteiger partial charge in [-0.2, -0.15) is 0 Å². The quantitative estimate of drug-likeness (QED) is 0.832. The number of hydrogen-bond acceptors (Lipinski definition) is 3. The zero-order valence-corrected chi connectivity index (χ0v) is 11.7. The number of fused-ring (bicyclic) bond motifs is 1. The highest BCUT2D eigenvalue weighted by Gasteiger charge is 2.24. The van der Waals surface area contributed by atoms with E-state index in [4.69, 9.17) is 4.74 Å². The molecule has 0 radical (unpaired) electrons. The molecule has 0 spiro atoms. The number of Topliss-reactive ketones (excluding diaryl/α,β-unsaturated/α-hetero) is 1. The van der Waals surface area contributed by atoms with Gasteiger partial charge in [0.05, 0.1) is 11.0 Å². The van der Waals surface area contributed by atoms with E-state index in [1.54, 1.807) is 12.1 Å². The number of carbonyl (C=O) groups excluding carboxylic acids is 1. The van der Waals surface area contributed by atoms with Crippen molar-refractivity contribution in [2.24, 2.45) is 5.92 Å². The molecule has 2 heterocycles. The highest BCUT2D eigenvalue weighted by atomic mass is 79.9. The van der Waals surface area contributed by atoms with Crippen LogP contribution in [-0.2, 0) is 4.74 Å². The van der Waals surface area contributed by atoms with Crippen molar-refractivity contribution in [2.45, 2.75) is 12.8 Å². The van der Waals surface area contributed by atoms with Crippen LogP contribution in [0, 0.1) is 5.92 Å². The van der Waals surface area contributed by atoms with Crippen molar-refractivity contribution >= 4 is 32.7 Å². The fourth-order valence-corrected chi connectivity index (χ4v) is 2.96. The van der Waals surface area contributed by atoms with Crippen LogP contribution in [0.2, 0.25) is 0 Å². The van der Waals surface area contributed by atoms with E-state index in [0.29, 0.717) is 34.3 Å². The lowest BCUT2D eigenvalue weighted by Gasteiger charge is -2.21. The number of carbonyl (C=O) groups is 1. The van der Waals surface area contributed by atoms with Gasteiger partial charge in [-0.05, 0) is 40.9 Å². The Morgan fingerprint density at radius 1 is 1.21 bits per heavy atom. The maximum atomic E-state index is 12.5. The monoisotopic (exact) mass is 324 g/mol. The van der Waals surface area contributed by atoms with Crippen LogP contribution in [0.5, 0.6) is 0 Å². The van der Waals surface area contributed by atoms with E-state index in [2.05, 4.69) is 25.9 Å². The summed E-state index contributed by atoms with van der Waals surface area (Å²) in [6.07, 6.45) is 1.51. The number of hydrogen-bond donors (Lipinski definition) is 2. The second-order valence-electron chi connectivity index (χ2n) is 4.71. The van der Waals surface area contributed by atoms with Gasteiger partial charge in [0.25, 0.3) is 0 Å². The average molecular weight is 325 g/mol. The molecule has 0 atom stereocenters. The second-order valence-corrected chi connectivity index (χ2v) is 5.56. The Labute approximate surface area is 117 Å². The molecule has 0 aliphatic carbocycles. The fraction of sp³-hybridized carbons (Fsp3) is 0.385. The number of imidazole rings is 1. The summed E-state index contributed by atoms with van der Waals surface area (Å²) in [5.74, 6) is 0.118. The standard InChI is InChI=1S/C13H13BrN2O3/c14-9-6-11-10(15-13(18)16-11)5-8(9)12(17)7-1-3-19-4-2-7/h5-7H,1-4H2,(H2,15,16,18). The zero-order chi connectivity index (χ0) is 13.4. The Kier molecular flexibility index (Phi) is 3.28. The summed E-state index contributed by atoms with van der Waals surface area (Å²) < 4.78 is 5.99. The highest BCUT2D eigenvalue weighted by Crippen LogP contribution is 2.27. The SMILES string of the molecule is O=C(c1cc2[nH]c(=O)[nH]c2cc1Br)C1CCOCC1. The van der Waals surface area contributed by atoms with Gasteiger partial charge in [0.15, 0.2) is 5.78 Å². The third-order valence-corrected chi connectivity index (χ3v) is 4.12. The first kappa shape index (κ1) is 12.6. The normalized spacial score (nSPS) is 16.9. The number of aromatic nitrogens is 2. The fourth-order valence-electron chi connectivity index (χ4n) is 2.42. The number of halogens is 1. The highest BCUT2D eigenvalue weighted by molar-refractivity contribution is 9.10. The van der Waals surface area contributed by atoms with Gasteiger partial charge in [0.1, 0.15) is 0 Å². The molecular weight excluding hydrogens is 312 g/mol. The van der Waals surface area contributed by atoms with E-state index in [0.717, 1.165) is 12.8 Å². The summed E-state index contributed by atoms with van der Waals surface area (Å²) in [5, 5.41) is 0. The molecule has 1 saturated heterocycles. The number of H-pyrrole nitrogens is 2. The summed E-state index contributed by atoms with van der Waals surface area (Å²) >= 11 is 3.41. The molecule has 0 saturated carbocycles. The van der Waals surface area contributed by atoms with Gasteiger partial charge in [-0.3, -0.25) is 4.79 Å². The summed E-state index contributed by atoms with van der Waals surface area (Å²) in [7, 11) is 0. The van der Waals surface area contributed by atoms with Crippen LogP contribution in [0.25, 0.3) is 11.0 Å². The Morgan fingerprint density at radius 3 is 2.53 bits per heavy atom. The van der Waals surface area contributed by atoms with Gasteiger partial charge in [0, 0.05) is 29.2 Å². The van der Waals surface area contributed by atoms with Crippen molar-refractivity contribution in [1.82, 2.24) is 9.97 Å². The van der Waals surface area contributed by atoms with Gasteiger partial charge in [-0.1, -0.05) is 0 Å². The molecule has 1 aliphatic rings. The third-order valence-electron chi connectivity index (χ3n) is 3.46. The lowest BCUT2D eigenvalue weighted by molar-refractivity contribution is 0.0544. The Bertz CT molecular complexity index is 683. The summed E-state index contributed by atoms with van der Waals surface area (Å²) in [6.45, 7) is 1.27. The van der Waals surface area contributed by atoms with Crippen molar-refractivity contribution in [1.29, 1.82) is 0 Å². The number of ketones is 1. The van der Waals surface area contributed by atoms with Gasteiger partial charge in [-0.25, -0.2) is 4.79 Å². The number of benzene rings is 1. The molecule has 0 unspecified atom stereocenters. The summed E-state index contributed by atoms with van der Waals surface area (Å²) in [6, 6.07) is 3.49. The molecule has 100 valence electrons. The second kappa shape index (κ2) is 4.94. The maximum Gasteiger partial charge on any atom is 0.323 e. The molecule has 1 fully saturated rings. The molecule has 1 aromatic carbocycles. The molecule has 0 amide bonds. The van der Waals surface area contributed by atoms with E-state index < -0.39 is 0 Å².